The van der Waals surface area contributed by atoms with Crippen LogP contribution in [0.1, 0.15) is 39.8 Å². The third-order valence-corrected chi connectivity index (χ3v) is 6.40. The summed E-state index contributed by atoms with van der Waals surface area (Å²) in [4.78, 5) is 29.4. The first-order chi connectivity index (χ1) is 16.5. The second kappa shape index (κ2) is 10.7. The van der Waals surface area contributed by atoms with Crippen LogP contribution in [-0.2, 0) is 28.9 Å². The minimum Gasteiger partial charge on any atom is -0.449 e. The number of ether oxygens (including phenoxy) is 1. The van der Waals surface area contributed by atoms with E-state index in [4.69, 9.17) is 9.15 Å². The topological polar surface area (TPSA) is 143 Å². The van der Waals surface area contributed by atoms with Gasteiger partial charge in [-0.05, 0) is 48.4 Å². The molecule has 0 saturated heterocycles. The molecule has 3 aromatic heterocycles. The van der Waals surface area contributed by atoms with Gasteiger partial charge in [-0.2, -0.15) is 5.26 Å². The zero-order valence-electron chi connectivity index (χ0n) is 18.4. The predicted octanol–water partition coefficient (Wildman–Crippen LogP) is 3.39. The van der Waals surface area contributed by atoms with E-state index >= 15 is 0 Å². The Morgan fingerprint density at radius 2 is 2.29 bits per heavy atom. The van der Waals surface area contributed by atoms with Gasteiger partial charge in [0.2, 0.25) is 17.7 Å². The number of hydrogen-bond donors (Lipinski definition) is 2. The number of anilines is 1. The van der Waals surface area contributed by atoms with Crippen molar-refractivity contribution in [2.45, 2.75) is 32.7 Å². The minimum absolute atomic E-state index is 0.100. The molecule has 0 radical (unpaired) electrons. The number of nitrogens with zero attached hydrogens (tertiary/aromatic N) is 4. The van der Waals surface area contributed by atoms with Gasteiger partial charge in [-0.3, -0.25) is 9.78 Å². The van der Waals surface area contributed by atoms with Crippen molar-refractivity contribution in [1.29, 1.82) is 5.26 Å². The molecule has 10 nitrogen and oxygen atoms in total. The molecule has 0 saturated carbocycles. The van der Waals surface area contributed by atoms with Gasteiger partial charge in [-0.15, -0.1) is 21.5 Å². The Bertz CT molecular complexity index is 1240. The molecule has 4 rings (SSSR count). The second-order valence-corrected chi connectivity index (χ2v) is 8.81. The van der Waals surface area contributed by atoms with Gasteiger partial charge in [0.25, 0.3) is 0 Å². The monoisotopic (exact) mass is 478 g/mol. The number of hydrogen-bond acceptors (Lipinski definition) is 9. The lowest BCUT2D eigenvalue weighted by molar-refractivity contribution is -0.111. The number of amides is 2. The van der Waals surface area contributed by atoms with Crippen LogP contribution in [0.3, 0.4) is 0 Å². The number of carbonyl (C=O) groups excluding carboxylic acids is 2. The number of fused-ring (bicyclic) bond motifs is 1. The minimum atomic E-state index is -0.557. The number of nitrogens with one attached hydrogen (secondary N) is 2. The third-order valence-electron chi connectivity index (χ3n) is 5.23. The molecule has 1 aliphatic carbocycles. The van der Waals surface area contributed by atoms with E-state index in [1.54, 1.807) is 31.5 Å². The first kappa shape index (κ1) is 23.1. The van der Waals surface area contributed by atoms with Crippen molar-refractivity contribution in [2.24, 2.45) is 5.92 Å². The zero-order valence-corrected chi connectivity index (χ0v) is 19.2. The van der Waals surface area contributed by atoms with Gasteiger partial charge >= 0.3 is 6.09 Å². The van der Waals surface area contributed by atoms with Crippen LogP contribution in [0.15, 0.2) is 35.0 Å². The molecule has 3 heterocycles. The average molecular weight is 479 g/mol. The summed E-state index contributed by atoms with van der Waals surface area (Å²) in [5.41, 5.74) is 2.28. The van der Waals surface area contributed by atoms with E-state index in [1.807, 2.05) is 6.07 Å². The van der Waals surface area contributed by atoms with Gasteiger partial charge in [0.15, 0.2) is 0 Å². The maximum absolute atomic E-state index is 12.4. The van der Waals surface area contributed by atoms with Crippen LogP contribution in [0, 0.1) is 24.2 Å². The SMILES string of the molecule is Cc1nnc(CNC(=O)OCC2CCc3c(sc(NC(=O)C=Cc4cccnc4)c3C#N)C2)o1. The maximum atomic E-state index is 12.4. The van der Waals surface area contributed by atoms with Gasteiger partial charge in [-0.25, -0.2) is 4.79 Å². The first-order valence-corrected chi connectivity index (χ1v) is 11.5. The number of aromatic nitrogens is 3. The van der Waals surface area contributed by atoms with E-state index in [-0.39, 0.29) is 25.0 Å². The molecule has 3 aromatic rings. The molecule has 174 valence electrons. The van der Waals surface area contributed by atoms with Crippen molar-refractivity contribution in [3.05, 3.63) is 64.0 Å². The molecular formula is C23H22N6O4S. The van der Waals surface area contributed by atoms with Crippen molar-refractivity contribution < 1.29 is 18.7 Å². The molecule has 0 aliphatic heterocycles. The lowest BCUT2D eigenvalue weighted by Crippen LogP contribution is -2.27. The van der Waals surface area contributed by atoms with Crippen LogP contribution in [0.4, 0.5) is 9.80 Å². The molecule has 1 atom stereocenters. The first-order valence-electron chi connectivity index (χ1n) is 10.6. The summed E-state index contributed by atoms with van der Waals surface area (Å²) >= 11 is 1.40. The molecule has 0 bridgehead atoms. The lowest BCUT2D eigenvalue weighted by atomic mass is 9.88. The fourth-order valence-electron chi connectivity index (χ4n) is 3.60. The van der Waals surface area contributed by atoms with E-state index in [0.717, 1.165) is 22.4 Å². The van der Waals surface area contributed by atoms with Gasteiger partial charge in [0.1, 0.15) is 11.1 Å². The Hall–Kier alpha value is -4.04. The van der Waals surface area contributed by atoms with Crippen LogP contribution >= 0.6 is 11.3 Å². The number of nitriles is 1. The Balaban J connectivity index is 1.31. The molecule has 2 amide bonds. The molecule has 0 aromatic carbocycles. The fraction of sp³-hybridized carbons (Fsp3) is 0.304. The van der Waals surface area contributed by atoms with Crippen LogP contribution in [0.25, 0.3) is 6.08 Å². The van der Waals surface area contributed by atoms with Gasteiger partial charge in [0.05, 0.1) is 18.7 Å². The number of aryl methyl sites for hydroxylation is 1. The average Bonchev–Trinajstić information content (AvgIpc) is 3.42. The number of alkyl carbamates (subject to hydrolysis) is 1. The van der Waals surface area contributed by atoms with Crippen molar-refractivity contribution >= 4 is 34.4 Å². The van der Waals surface area contributed by atoms with Crippen LogP contribution in [0.5, 0.6) is 0 Å². The summed E-state index contributed by atoms with van der Waals surface area (Å²) in [6.07, 6.45) is 7.99. The lowest BCUT2D eigenvalue weighted by Gasteiger charge is -2.21. The van der Waals surface area contributed by atoms with Crippen LogP contribution in [-0.4, -0.2) is 33.8 Å². The van der Waals surface area contributed by atoms with E-state index in [0.29, 0.717) is 35.2 Å². The zero-order chi connectivity index (χ0) is 23.9. The number of thiophene rings is 1. The number of carbonyl (C=O) groups is 2. The highest BCUT2D eigenvalue weighted by Crippen LogP contribution is 2.39. The number of rotatable bonds is 7. The van der Waals surface area contributed by atoms with E-state index in [2.05, 4.69) is 31.9 Å². The normalized spacial score (nSPS) is 14.9. The van der Waals surface area contributed by atoms with Crippen molar-refractivity contribution in [3.63, 3.8) is 0 Å². The van der Waals surface area contributed by atoms with E-state index in [9.17, 15) is 14.9 Å². The van der Waals surface area contributed by atoms with E-state index in [1.165, 1.54) is 17.4 Å². The van der Waals surface area contributed by atoms with Crippen LogP contribution in [0.2, 0.25) is 0 Å². The van der Waals surface area contributed by atoms with Crippen molar-refractivity contribution in [3.8, 4) is 6.07 Å². The highest BCUT2D eigenvalue weighted by atomic mass is 32.1. The quantitative estimate of drug-likeness (QED) is 0.492. The largest absolute Gasteiger partial charge is 0.449 e. The molecule has 1 unspecified atom stereocenters. The summed E-state index contributed by atoms with van der Waals surface area (Å²) in [7, 11) is 0. The summed E-state index contributed by atoms with van der Waals surface area (Å²) < 4.78 is 10.5. The van der Waals surface area contributed by atoms with Gasteiger partial charge < -0.3 is 19.8 Å². The summed E-state index contributed by atoms with van der Waals surface area (Å²) in [6, 6.07) is 5.86. The molecule has 1 aliphatic rings. The van der Waals surface area contributed by atoms with Crippen molar-refractivity contribution in [2.75, 3.05) is 11.9 Å². The summed E-state index contributed by atoms with van der Waals surface area (Å²) in [5.74, 6) is 0.551. The molecular weight excluding hydrogens is 456 g/mol. The second-order valence-electron chi connectivity index (χ2n) is 7.70. The molecule has 0 spiro atoms. The van der Waals surface area contributed by atoms with Crippen molar-refractivity contribution in [1.82, 2.24) is 20.5 Å². The Kier molecular flexibility index (Phi) is 7.29. The maximum Gasteiger partial charge on any atom is 0.407 e. The smallest absolute Gasteiger partial charge is 0.407 e. The predicted molar refractivity (Wildman–Crippen MR) is 124 cm³/mol. The summed E-state index contributed by atoms with van der Waals surface area (Å²) in [6.45, 7) is 2.02. The summed E-state index contributed by atoms with van der Waals surface area (Å²) in [5, 5.41) is 23.1. The molecule has 0 fully saturated rings. The highest BCUT2D eigenvalue weighted by molar-refractivity contribution is 7.16. The fourth-order valence-corrected chi connectivity index (χ4v) is 4.92. The molecule has 2 N–H and O–H groups in total. The highest BCUT2D eigenvalue weighted by Gasteiger charge is 2.27. The molecule has 34 heavy (non-hydrogen) atoms. The standard InChI is InChI=1S/C23H22N6O4S/c1-14-28-29-21(33-14)12-26-23(31)32-13-16-4-6-17-18(10-24)22(34-19(17)9-16)27-20(30)7-5-15-3-2-8-25-11-15/h2-3,5,7-8,11,16H,4,6,9,12-13H2,1H3,(H,26,31)(H,27,30). The van der Waals surface area contributed by atoms with Gasteiger partial charge in [0, 0.05) is 30.3 Å². The van der Waals surface area contributed by atoms with Gasteiger partial charge in [-0.1, -0.05) is 6.07 Å². The van der Waals surface area contributed by atoms with Crippen LogP contribution < -0.4 is 10.6 Å². The number of pyridine rings is 1. The Labute approximate surface area is 199 Å². The third kappa shape index (κ3) is 5.85. The Morgan fingerprint density at radius 1 is 1.41 bits per heavy atom. The molecule has 11 heteroatoms. The van der Waals surface area contributed by atoms with E-state index < -0.39 is 6.09 Å². The Morgan fingerprint density at radius 3 is 3.03 bits per heavy atom.